The molecule has 0 aliphatic heterocycles. The molecule has 0 radical (unpaired) electrons. The first-order chi connectivity index (χ1) is 13.4. The van der Waals surface area contributed by atoms with Gasteiger partial charge in [-0.3, -0.25) is 0 Å². The quantitative estimate of drug-likeness (QED) is 0.238. The summed E-state index contributed by atoms with van der Waals surface area (Å²) in [5.74, 6) is 0. The summed E-state index contributed by atoms with van der Waals surface area (Å²) in [6.07, 6.45) is 1.04. The summed E-state index contributed by atoms with van der Waals surface area (Å²) in [5, 5.41) is 0. The van der Waals surface area contributed by atoms with Crippen molar-refractivity contribution in [1.82, 2.24) is 9.29 Å². The summed E-state index contributed by atoms with van der Waals surface area (Å²) >= 11 is 1.76. The van der Waals surface area contributed by atoms with Crippen molar-refractivity contribution in [3.63, 3.8) is 0 Å². The van der Waals surface area contributed by atoms with E-state index in [1.807, 2.05) is 6.07 Å². The van der Waals surface area contributed by atoms with E-state index in [4.69, 9.17) is 4.98 Å². The molecule has 0 saturated heterocycles. The van der Waals surface area contributed by atoms with Gasteiger partial charge in [0, 0.05) is 13.1 Å². The third-order valence-corrected chi connectivity index (χ3v) is 7.99. The molecular formula is C22H20N2S3. The third-order valence-electron chi connectivity index (χ3n) is 4.18. The summed E-state index contributed by atoms with van der Waals surface area (Å²) in [5.41, 5.74) is 3.80. The van der Waals surface area contributed by atoms with E-state index in [0.717, 1.165) is 29.4 Å². The largest absolute Gasteiger partial charge is 0.236 e. The normalized spacial score (nSPS) is 11.3. The van der Waals surface area contributed by atoms with Crippen molar-refractivity contribution in [3.05, 3.63) is 96.1 Å². The maximum Gasteiger partial charge on any atom is 0.162 e. The van der Waals surface area contributed by atoms with Crippen LogP contribution in [0.5, 0.6) is 0 Å². The van der Waals surface area contributed by atoms with Crippen LogP contribution in [0.3, 0.4) is 0 Å². The third kappa shape index (κ3) is 5.36. The minimum atomic E-state index is 0.927. The fourth-order valence-electron chi connectivity index (χ4n) is 2.80. The Balaban J connectivity index is 1.43. The molecule has 5 heteroatoms. The highest BCUT2D eigenvalue weighted by Crippen LogP contribution is 2.39. The number of thiazole rings is 1. The molecule has 2 nitrogen and oxygen atoms in total. The maximum atomic E-state index is 4.74. The second-order valence-corrected chi connectivity index (χ2v) is 9.65. The number of nitrogens with zero attached hydrogens (tertiary/aromatic N) is 2. The first-order valence-electron chi connectivity index (χ1n) is 8.90. The van der Waals surface area contributed by atoms with E-state index in [1.165, 1.54) is 15.8 Å². The minimum absolute atomic E-state index is 0.927. The molecule has 136 valence electrons. The smallest absolute Gasteiger partial charge is 0.162 e. The number of aromatic nitrogens is 1. The SMILES string of the molecule is c1ccc(CCN(Cc2ccccc2)SSc2nc3ccccc3s2)cc1. The second kappa shape index (κ2) is 9.42. The molecule has 4 rings (SSSR count). The molecule has 1 aromatic heterocycles. The first kappa shape index (κ1) is 18.6. The van der Waals surface area contributed by atoms with Gasteiger partial charge < -0.3 is 0 Å². The van der Waals surface area contributed by atoms with E-state index in [1.54, 1.807) is 33.1 Å². The lowest BCUT2D eigenvalue weighted by molar-refractivity contribution is 0.475. The molecular weight excluding hydrogens is 388 g/mol. The fraction of sp³-hybridized carbons (Fsp3) is 0.136. The highest BCUT2D eigenvalue weighted by Gasteiger charge is 2.11. The van der Waals surface area contributed by atoms with Gasteiger partial charge in [0.25, 0.3) is 0 Å². The Labute approximate surface area is 172 Å². The average molecular weight is 409 g/mol. The van der Waals surface area contributed by atoms with Crippen LogP contribution in [0.2, 0.25) is 0 Å². The Kier molecular flexibility index (Phi) is 6.48. The van der Waals surface area contributed by atoms with Crippen molar-refractivity contribution >= 4 is 43.3 Å². The van der Waals surface area contributed by atoms with Gasteiger partial charge in [-0.15, -0.1) is 11.3 Å². The van der Waals surface area contributed by atoms with Crippen LogP contribution >= 0.6 is 33.1 Å². The van der Waals surface area contributed by atoms with Crippen molar-refractivity contribution in [2.24, 2.45) is 0 Å². The summed E-state index contributed by atoms with van der Waals surface area (Å²) in [7, 11) is 3.56. The summed E-state index contributed by atoms with van der Waals surface area (Å²) < 4.78 is 4.79. The molecule has 27 heavy (non-hydrogen) atoms. The van der Waals surface area contributed by atoms with Gasteiger partial charge in [0.05, 0.1) is 10.2 Å². The number of hydrogen-bond acceptors (Lipinski definition) is 5. The Bertz CT molecular complexity index is 937. The van der Waals surface area contributed by atoms with Gasteiger partial charge in [0.1, 0.15) is 0 Å². The topological polar surface area (TPSA) is 16.1 Å². The van der Waals surface area contributed by atoms with E-state index in [-0.39, 0.29) is 0 Å². The predicted octanol–water partition coefficient (Wildman–Crippen LogP) is 6.70. The zero-order chi connectivity index (χ0) is 18.3. The maximum absolute atomic E-state index is 4.74. The monoisotopic (exact) mass is 408 g/mol. The highest BCUT2D eigenvalue weighted by atomic mass is 33.1. The molecule has 0 bridgehead atoms. The van der Waals surface area contributed by atoms with E-state index < -0.39 is 0 Å². The van der Waals surface area contributed by atoms with Gasteiger partial charge in [-0.05, 0) is 51.5 Å². The van der Waals surface area contributed by atoms with Gasteiger partial charge in [-0.1, -0.05) is 72.8 Å². The van der Waals surface area contributed by atoms with E-state index >= 15 is 0 Å². The average Bonchev–Trinajstić information content (AvgIpc) is 3.14. The molecule has 1 heterocycles. The van der Waals surface area contributed by atoms with Gasteiger partial charge in [-0.2, -0.15) is 0 Å². The molecule has 0 amide bonds. The molecule has 4 aromatic rings. The Hall–Kier alpha value is -1.79. The number of fused-ring (bicyclic) bond motifs is 1. The molecule has 0 aliphatic carbocycles. The van der Waals surface area contributed by atoms with E-state index in [9.17, 15) is 0 Å². The van der Waals surface area contributed by atoms with Gasteiger partial charge >= 0.3 is 0 Å². The van der Waals surface area contributed by atoms with Crippen molar-refractivity contribution in [2.45, 2.75) is 17.3 Å². The van der Waals surface area contributed by atoms with Gasteiger partial charge in [0.15, 0.2) is 4.34 Å². The van der Waals surface area contributed by atoms with Crippen molar-refractivity contribution in [2.75, 3.05) is 6.54 Å². The van der Waals surface area contributed by atoms with Crippen LogP contribution in [0, 0.1) is 0 Å². The summed E-state index contributed by atoms with van der Waals surface area (Å²) in [6, 6.07) is 29.7. The first-order valence-corrected chi connectivity index (χ1v) is 11.8. The molecule has 0 atom stereocenters. The van der Waals surface area contributed by atoms with E-state index in [2.05, 4.69) is 83.2 Å². The molecule has 0 N–H and O–H groups in total. The molecule has 0 aliphatic rings. The van der Waals surface area contributed by atoms with Gasteiger partial charge in [-0.25, -0.2) is 9.29 Å². The van der Waals surface area contributed by atoms with Crippen LogP contribution in [0.4, 0.5) is 0 Å². The molecule has 0 unspecified atom stereocenters. The van der Waals surface area contributed by atoms with Crippen LogP contribution in [0.15, 0.2) is 89.3 Å². The molecule has 3 aromatic carbocycles. The van der Waals surface area contributed by atoms with Crippen LogP contribution in [-0.2, 0) is 13.0 Å². The van der Waals surface area contributed by atoms with E-state index in [0.29, 0.717) is 0 Å². The number of rotatable bonds is 8. The summed E-state index contributed by atoms with van der Waals surface area (Å²) in [6.45, 7) is 1.93. The Morgan fingerprint density at radius 2 is 1.44 bits per heavy atom. The Morgan fingerprint density at radius 1 is 0.778 bits per heavy atom. The number of para-hydroxylation sites is 1. The van der Waals surface area contributed by atoms with Gasteiger partial charge in [0.2, 0.25) is 0 Å². The van der Waals surface area contributed by atoms with Crippen LogP contribution < -0.4 is 0 Å². The van der Waals surface area contributed by atoms with Crippen LogP contribution in [-0.4, -0.2) is 15.8 Å². The molecule has 0 saturated carbocycles. The van der Waals surface area contributed by atoms with Crippen LogP contribution in [0.25, 0.3) is 10.2 Å². The Morgan fingerprint density at radius 3 is 2.19 bits per heavy atom. The van der Waals surface area contributed by atoms with Crippen molar-refractivity contribution in [3.8, 4) is 0 Å². The standard InChI is InChI=1S/C22H20N2S3/c1-3-9-18(10-4-1)15-16-24(17-19-11-5-2-6-12-19)27-26-22-23-20-13-7-8-14-21(20)25-22/h1-14H,15-17H2. The fourth-order valence-corrected chi connectivity index (χ4v) is 6.16. The van der Waals surface area contributed by atoms with Crippen LogP contribution in [0.1, 0.15) is 11.1 Å². The molecule has 0 spiro atoms. The number of hydrogen-bond donors (Lipinski definition) is 0. The number of benzene rings is 3. The van der Waals surface area contributed by atoms with Crippen molar-refractivity contribution < 1.29 is 0 Å². The highest BCUT2D eigenvalue weighted by molar-refractivity contribution is 8.76. The van der Waals surface area contributed by atoms with Crippen molar-refractivity contribution in [1.29, 1.82) is 0 Å². The lowest BCUT2D eigenvalue weighted by Crippen LogP contribution is -2.17. The second-order valence-electron chi connectivity index (χ2n) is 6.19. The zero-order valence-electron chi connectivity index (χ0n) is 14.8. The lowest BCUT2D eigenvalue weighted by atomic mass is 10.1. The predicted molar refractivity (Wildman–Crippen MR) is 120 cm³/mol. The molecule has 0 fully saturated rings. The summed E-state index contributed by atoms with van der Waals surface area (Å²) in [4.78, 5) is 4.74. The zero-order valence-corrected chi connectivity index (χ0v) is 17.3. The minimum Gasteiger partial charge on any atom is -0.236 e. The lowest BCUT2D eigenvalue weighted by Gasteiger charge is -2.20.